The van der Waals surface area contributed by atoms with Gasteiger partial charge in [0.15, 0.2) is 0 Å². The fraction of sp³-hybridized carbons (Fsp3) is 0.500. The second kappa shape index (κ2) is 9.72. The van der Waals surface area contributed by atoms with E-state index in [-0.39, 0.29) is 28.6 Å². The number of fused-ring (bicyclic) bond motifs is 1. The zero-order valence-electron chi connectivity index (χ0n) is 21.7. The molecule has 2 fully saturated rings. The van der Waals surface area contributed by atoms with Crippen molar-refractivity contribution in [2.45, 2.75) is 69.5 Å². The number of benzene rings is 2. The molecule has 3 heterocycles. The van der Waals surface area contributed by atoms with E-state index < -0.39 is 0 Å². The fourth-order valence-corrected chi connectivity index (χ4v) is 8.29. The summed E-state index contributed by atoms with van der Waals surface area (Å²) in [4.78, 5) is 41.6. The summed E-state index contributed by atoms with van der Waals surface area (Å²) in [6.07, 6.45) is 7.61. The summed E-state index contributed by atoms with van der Waals surface area (Å²) < 4.78 is 3.86. The van der Waals surface area contributed by atoms with E-state index in [1.807, 2.05) is 27.3 Å². The monoisotopic (exact) mass is 530 g/mol. The van der Waals surface area contributed by atoms with Gasteiger partial charge < -0.3 is 0 Å². The number of aryl methyl sites for hydroxylation is 2. The van der Waals surface area contributed by atoms with Crippen molar-refractivity contribution in [3.8, 4) is 0 Å². The number of piperidine rings is 1. The first-order valence-corrected chi connectivity index (χ1v) is 15.1. The van der Waals surface area contributed by atoms with Crippen molar-refractivity contribution in [2.24, 2.45) is 0 Å². The molecule has 3 aromatic rings. The lowest BCUT2D eigenvalue weighted by Gasteiger charge is -2.41. The summed E-state index contributed by atoms with van der Waals surface area (Å²) >= 11 is 1.06. The van der Waals surface area contributed by atoms with E-state index in [9.17, 15) is 14.4 Å². The molecule has 198 valence electrons. The number of nitrogens with zero attached hydrogens (tertiary/aromatic N) is 4. The van der Waals surface area contributed by atoms with Crippen LogP contribution in [-0.2, 0) is 17.8 Å². The number of carbonyl (C=O) groups is 2. The van der Waals surface area contributed by atoms with Crippen LogP contribution in [0, 0.1) is 0 Å². The van der Waals surface area contributed by atoms with Gasteiger partial charge in [-0.1, -0.05) is 42.1 Å². The number of imidazole rings is 1. The standard InChI is InChI=1S/C30H34N4O3S/c35-27-19-38-30(37)33(27)16-4-15-32-25-7-1-2-8-26(25)34(29(32)36)22-13-17-31(18-14-22)24-12-11-21-10-9-20-5-3-6-23(24)28(20)21/h1-3,5-8,21-22,24H,4,9-19H2. The average Bonchev–Trinajstić information content (AvgIpc) is 3.60. The van der Waals surface area contributed by atoms with Crippen LogP contribution in [0.1, 0.15) is 73.2 Å². The predicted octanol–water partition coefficient (Wildman–Crippen LogP) is 5.09. The second-order valence-corrected chi connectivity index (χ2v) is 12.2. The molecule has 1 aromatic heterocycles. The topological polar surface area (TPSA) is 67.5 Å². The van der Waals surface area contributed by atoms with Crippen LogP contribution in [-0.4, -0.2) is 55.5 Å². The van der Waals surface area contributed by atoms with E-state index in [2.05, 4.69) is 29.2 Å². The number of likely N-dealkylation sites (tertiary alicyclic amines) is 1. The van der Waals surface area contributed by atoms with Crippen LogP contribution < -0.4 is 5.69 Å². The van der Waals surface area contributed by atoms with Crippen LogP contribution in [0.5, 0.6) is 0 Å². The summed E-state index contributed by atoms with van der Waals surface area (Å²) in [5, 5.41) is -0.175. The van der Waals surface area contributed by atoms with E-state index in [4.69, 9.17) is 0 Å². The maximum absolute atomic E-state index is 13.7. The van der Waals surface area contributed by atoms with E-state index in [1.54, 1.807) is 16.7 Å². The number of imide groups is 1. The summed E-state index contributed by atoms with van der Waals surface area (Å²) in [6.45, 7) is 2.87. The summed E-state index contributed by atoms with van der Waals surface area (Å²) in [7, 11) is 0. The van der Waals surface area contributed by atoms with Gasteiger partial charge in [0.2, 0.25) is 5.91 Å². The van der Waals surface area contributed by atoms with Gasteiger partial charge in [-0.15, -0.1) is 0 Å². The van der Waals surface area contributed by atoms with Crippen LogP contribution in [0.4, 0.5) is 4.79 Å². The smallest absolute Gasteiger partial charge is 0.296 e. The molecule has 38 heavy (non-hydrogen) atoms. The van der Waals surface area contributed by atoms with Gasteiger partial charge in [0, 0.05) is 38.3 Å². The van der Waals surface area contributed by atoms with Crippen molar-refractivity contribution in [1.82, 2.24) is 18.9 Å². The quantitative estimate of drug-likeness (QED) is 0.444. The number of carbonyl (C=O) groups excluding carboxylic acids is 2. The molecule has 2 aromatic carbocycles. The van der Waals surface area contributed by atoms with Gasteiger partial charge in [0.1, 0.15) is 0 Å². The van der Waals surface area contributed by atoms with Crippen LogP contribution in [0.2, 0.25) is 0 Å². The molecular weight excluding hydrogens is 496 g/mol. The summed E-state index contributed by atoms with van der Waals surface area (Å²) in [5.74, 6) is 0.862. The zero-order chi connectivity index (χ0) is 25.8. The van der Waals surface area contributed by atoms with E-state index in [1.165, 1.54) is 30.6 Å². The van der Waals surface area contributed by atoms with Gasteiger partial charge in [-0.05, 0) is 79.7 Å². The Balaban J connectivity index is 1.09. The Labute approximate surface area is 226 Å². The third kappa shape index (κ3) is 3.95. The minimum Gasteiger partial charge on any atom is -0.296 e. The Kier molecular flexibility index (Phi) is 6.20. The van der Waals surface area contributed by atoms with Crippen LogP contribution in [0.3, 0.4) is 0 Å². The molecule has 0 N–H and O–H groups in total. The molecule has 2 saturated heterocycles. The fourth-order valence-electron chi connectivity index (χ4n) is 7.54. The molecule has 8 heteroatoms. The number of hydrogen-bond donors (Lipinski definition) is 0. The first-order valence-electron chi connectivity index (χ1n) is 14.1. The second-order valence-electron chi connectivity index (χ2n) is 11.3. The molecule has 0 saturated carbocycles. The Morgan fingerprint density at radius 2 is 1.66 bits per heavy atom. The van der Waals surface area contributed by atoms with Crippen LogP contribution in [0.25, 0.3) is 11.0 Å². The molecule has 2 atom stereocenters. The maximum atomic E-state index is 13.7. The number of thioether (sulfide) groups is 1. The molecule has 0 radical (unpaired) electrons. The highest BCUT2D eigenvalue weighted by atomic mass is 32.2. The molecule has 7 nitrogen and oxygen atoms in total. The molecule has 2 aliphatic carbocycles. The molecule has 0 spiro atoms. The lowest BCUT2D eigenvalue weighted by atomic mass is 9.80. The van der Waals surface area contributed by atoms with E-state index in [0.717, 1.165) is 54.6 Å². The molecule has 4 aliphatic rings. The minimum absolute atomic E-state index is 0.0273. The Bertz CT molecular complexity index is 1450. The van der Waals surface area contributed by atoms with Gasteiger partial charge in [-0.2, -0.15) is 0 Å². The highest BCUT2D eigenvalue weighted by Gasteiger charge is 2.37. The third-order valence-electron chi connectivity index (χ3n) is 9.33. The highest BCUT2D eigenvalue weighted by molar-refractivity contribution is 8.14. The molecule has 7 rings (SSSR count). The zero-order valence-corrected chi connectivity index (χ0v) is 22.5. The minimum atomic E-state index is -0.175. The van der Waals surface area contributed by atoms with E-state index >= 15 is 0 Å². The van der Waals surface area contributed by atoms with Crippen molar-refractivity contribution in [3.63, 3.8) is 0 Å². The van der Waals surface area contributed by atoms with Crippen molar-refractivity contribution in [3.05, 3.63) is 69.6 Å². The van der Waals surface area contributed by atoms with Crippen LogP contribution in [0.15, 0.2) is 47.3 Å². The van der Waals surface area contributed by atoms with Crippen molar-refractivity contribution >= 4 is 33.9 Å². The number of rotatable bonds is 6. The lowest BCUT2D eigenvalue weighted by molar-refractivity contribution is -0.124. The summed E-state index contributed by atoms with van der Waals surface area (Å²) in [6, 6.07) is 15.7. The van der Waals surface area contributed by atoms with Crippen molar-refractivity contribution in [2.75, 3.05) is 25.4 Å². The number of hydrogen-bond acceptors (Lipinski definition) is 5. The Morgan fingerprint density at radius 3 is 2.45 bits per heavy atom. The molecule has 2 amide bonds. The molecular formula is C30H34N4O3S. The highest BCUT2D eigenvalue weighted by Crippen LogP contribution is 2.48. The largest absolute Gasteiger partial charge is 0.329 e. The van der Waals surface area contributed by atoms with Gasteiger partial charge in [-0.3, -0.25) is 28.5 Å². The molecule has 0 bridgehead atoms. The first kappa shape index (κ1) is 24.2. The molecule has 2 unspecified atom stereocenters. The van der Waals surface area contributed by atoms with Gasteiger partial charge in [0.05, 0.1) is 16.8 Å². The van der Waals surface area contributed by atoms with Crippen LogP contribution >= 0.6 is 11.8 Å². The van der Waals surface area contributed by atoms with Gasteiger partial charge >= 0.3 is 5.69 Å². The Hall–Kier alpha value is -2.84. The van der Waals surface area contributed by atoms with Crippen molar-refractivity contribution < 1.29 is 9.59 Å². The van der Waals surface area contributed by atoms with Gasteiger partial charge in [-0.25, -0.2) is 4.79 Å². The predicted molar refractivity (Wildman–Crippen MR) is 150 cm³/mol. The number of amides is 2. The van der Waals surface area contributed by atoms with E-state index in [0.29, 0.717) is 25.6 Å². The van der Waals surface area contributed by atoms with Crippen molar-refractivity contribution in [1.29, 1.82) is 0 Å². The average molecular weight is 531 g/mol. The number of aromatic nitrogens is 2. The number of para-hydroxylation sites is 2. The SMILES string of the molecule is O=C1CSC(=O)N1CCCn1c(=O)n(C2CCN(C3CCC4CCc5cccc3c54)CC2)c2ccccc21. The lowest BCUT2D eigenvalue weighted by Crippen LogP contribution is -2.41. The van der Waals surface area contributed by atoms with Gasteiger partial charge in [0.25, 0.3) is 5.24 Å². The molecule has 2 aliphatic heterocycles. The first-order chi connectivity index (χ1) is 18.6. The maximum Gasteiger partial charge on any atom is 0.329 e. The Morgan fingerprint density at radius 1 is 0.842 bits per heavy atom. The third-order valence-corrected chi connectivity index (χ3v) is 10.2. The normalized spacial score (nSPS) is 24.1. The summed E-state index contributed by atoms with van der Waals surface area (Å²) in [5.41, 5.74) is 6.74.